The van der Waals surface area contributed by atoms with Gasteiger partial charge in [-0.2, -0.15) is 0 Å². The van der Waals surface area contributed by atoms with Crippen LogP contribution in [0.2, 0.25) is 19.1 Å². The summed E-state index contributed by atoms with van der Waals surface area (Å²) in [4.78, 5) is 22.5. The number of ether oxygens (including phenoxy) is 2. The van der Waals surface area contributed by atoms with Crippen molar-refractivity contribution in [1.82, 2.24) is 0 Å². The van der Waals surface area contributed by atoms with Gasteiger partial charge in [-0.3, -0.25) is 0 Å². The highest BCUT2D eigenvalue weighted by Gasteiger charge is 2.33. The number of esters is 2. The molecule has 0 radical (unpaired) electrons. The SMILES string of the molecule is C=CC(=O)OC[SiH](C)CC(N)(/C=C\C=C/C)[SiH](C)COC(=O)C=C. The number of allylic oxidation sites excluding steroid dienone is 3. The first-order valence-corrected chi connectivity index (χ1v) is 13.3. The Bertz CT molecular complexity index is 505. The molecular weight excluding hydrogens is 338 g/mol. The average Bonchev–Trinajstić information content (AvgIpc) is 2.57. The van der Waals surface area contributed by atoms with Crippen molar-refractivity contribution in [3.8, 4) is 0 Å². The van der Waals surface area contributed by atoms with Crippen molar-refractivity contribution in [1.29, 1.82) is 0 Å². The smallest absolute Gasteiger partial charge is 0.329 e. The van der Waals surface area contributed by atoms with Gasteiger partial charge in [0.05, 0.1) is 21.3 Å². The molecule has 0 aliphatic heterocycles. The third-order valence-corrected chi connectivity index (χ3v) is 9.19. The van der Waals surface area contributed by atoms with Gasteiger partial charge in [-0.15, -0.1) is 0 Å². The first kappa shape index (κ1) is 22.3. The molecule has 0 aromatic heterocycles. The van der Waals surface area contributed by atoms with Crippen LogP contribution in [0.25, 0.3) is 0 Å². The van der Waals surface area contributed by atoms with Crippen LogP contribution in [0, 0.1) is 0 Å². The number of nitrogens with two attached hydrogens (primary N) is 1. The Kier molecular flexibility index (Phi) is 10.9. The van der Waals surface area contributed by atoms with Gasteiger partial charge in [-0.1, -0.05) is 50.6 Å². The topological polar surface area (TPSA) is 78.6 Å². The van der Waals surface area contributed by atoms with Gasteiger partial charge in [0, 0.05) is 17.3 Å². The molecule has 2 N–H and O–H groups in total. The Hall–Kier alpha value is -1.71. The molecule has 0 saturated heterocycles. The second-order valence-electron chi connectivity index (χ2n) is 5.88. The molecule has 0 rings (SSSR count). The predicted molar refractivity (Wildman–Crippen MR) is 104 cm³/mol. The maximum atomic E-state index is 11.3. The van der Waals surface area contributed by atoms with E-state index < -0.39 is 34.7 Å². The van der Waals surface area contributed by atoms with Crippen molar-refractivity contribution in [2.75, 3.05) is 12.5 Å². The van der Waals surface area contributed by atoms with Crippen LogP contribution in [-0.2, 0) is 19.1 Å². The van der Waals surface area contributed by atoms with E-state index in [1.54, 1.807) is 0 Å². The number of hydrogen-bond donors (Lipinski definition) is 1. The molecule has 0 saturated carbocycles. The minimum Gasteiger partial charge on any atom is -0.467 e. The summed E-state index contributed by atoms with van der Waals surface area (Å²) < 4.78 is 10.3. The van der Waals surface area contributed by atoms with Crippen molar-refractivity contribution >= 4 is 29.5 Å². The van der Waals surface area contributed by atoms with Crippen molar-refractivity contribution in [2.45, 2.75) is 31.2 Å². The van der Waals surface area contributed by atoms with Gasteiger partial charge >= 0.3 is 11.9 Å². The summed E-state index contributed by atoms with van der Waals surface area (Å²) in [6.45, 7) is 12.9. The fourth-order valence-electron chi connectivity index (χ4n) is 2.15. The minimum atomic E-state index is -1.62. The van der Waals surface area contributed by atoms with Crippen LogP contribution in [0.5, 0.6) is 0 Å². The summed E-state index contributed by atoms with van der Waals surface area (Å²) in [5, 5.41) is -0.507. The Labute approximate surface area is 148 Å². The lowest BCUT2D eigenvalue weighted by Crippen LogP contribution is -2.55. The molecule has 0 spiro atoms. The molecule has 0 amide bonds. The van der Waals surface area contributed by atoms with Crippen LogP contribution in [0.4, 0.5) is 0 Å². The van der Waals surface area contributed by atoms with E-state index in [1.807, 2.05) is 31.2 Å². The van der Waals surface area contributed by atoms with Crippen LogP contribution in [0.3, 0.4) is 0 Å². The third kappa shape index (κ3) is 8.80. The lowest BCUT2D eigenvalue weighted by molar-refractivity contribution is -0.136. The van der Waals surface area contributed by atoms with Gasteiger partial charge in [0.25, 0.3) is 0 Å². The van der Waals surface area contributed by atoms with Crippen LogP contribution < -0.4 is 5.73 Å². The summed E-state index contributed by atoms with van der Waals surface area (Å²) in [6.07, 6.45) is 10.8. The maximum Gasteiger partial charge on any atom is 0.329 e. The number of carbonyl (C=O) groups is 2. The lowest BCUT2D eigenvalue weighted by atomic mass is 10.3. The number of carbonyl (C=O) groups excluding carboxylic acids is 2. The van der Waals surface area contributed by atoms with Crippen molar-refractivity contribution < 1.29 is 19.1 Å². The summed E-state index contributed by atoms with van der Waals surface area (Å²) in [7, 11) is -3.00. The van der Waals surface area contributed by atoms with E-state index in [1.165, 1.54) is 0 Å². The second-order valence-corrected chi connectivity index (χ2v) is 12.0. The number of hydrogen-bond acceptors (Lipinski definition) is 5. The predicted octanol–water partition coefficient (Wildman–Crippen LogP) is 1.61. The monoisotopic (exact) mass is 367 g/mol. The lowest BCUT2D eigenvalue weighted by Gasteiger charge is -2.33. The van der Waals surface area contributed by atoms with Crippen LogP contribution in [0.15, 0.2) is 49.6 Å². The normalized spacial score (nSPS) is 16.3. The zero-order valence-corrected chi connectivity index (χ0v) is 17.2. The highest BCUT2D eigenvalue weighted by molar-refractivity contribution is 6.66. The fraction of sp³-hybridized carbons (Fsp3) is 0.412. The summed E-state index contributed by atoms with van der Waals surface area (Å²) in [5.74, 6) is -0.842. The quantitative estimate of drug-likeness (QED) is 0.260. The van der Waals surface area contributed by atoms with E-state index in [2.05, 4.69) is 26.3 Å². The van der Waals surface area contributed by atoms with Crippen LogP contribution >= 0.6 is 0 Å². The summed E-state index contributed by atoms with van der Waals surface area (Å²) in [6, 6.07) is 0.768. The molecular formula is C17H29NO4Si2. The van der Waals surface area contributed by atoms with Gasteiger partial charge < -0.3 is 15.2 Å². The third-order valence-electron chi connectivity index (χ3n) is 3.65. The minimum absolute atomic E-state index is 0.342. The van der Waals surface area contributed by atoms with Gasteiger partial charge in [0.2, 0.25) is 0 Å². The molecule has 3 atom stereocenters. The highest BCUT2D eigenvalue weighted by atomic mass is 28.3. The zero-order chi connectivity index (χ0) is 18.6. The van der Waals surface area contributed by atoms with E-state index in [-0.39, 0.29) is 0 Å². The average molecular weight is 368 g/mol. The molecule has 24 heavy (non-hydrogen) atoms. The summed E-state index contributed by atoms with van der Waals surface area (Å²) in [5.41, 5.74) is 6.65. The van der Waals surface area contributed by atoms with Gasteiger partial charge in [-0.05, 0) is 13.0 Å². The van der Waals surface area contributed by atoms with Gasteiger partial charge in [0.15, 0.2) is 0 Å². The van der Waals surface area contributed by atoms with Crippen LogP contribution in [0.1, 0.15) is 6.92 Å². The van der Waals surface area contributed by atoms with E-state index in [4.69, 9.17) is 15.2 Å². The first-order chi connectivity index (χ1) is 11.3. The number of rotatable bonds is 11. The molecule has 7 heteroatoms. The fourth-order valence-corrected chi connectivity index (χ4v) is 8.04. The molecule has 0 fully saturated rings. The Morgan fingerprint density at radius 2 is 1.62 bits per heavy atom. The molecule has 0 aromatic carbocycles. The largest absolute Gasteiger partial charge is 0.467 e. The van der Waals surface area contributed by atoms with E-state index in [0.29, 0.717) is 12.5 Å². The van der Waals surface area contributed by atoms with E-state index in [0.717, 1.165) is 18.2 Å². The van der Waals surface area contributed by atoms with Crippen molar-refractivity contribution in [3.63, 3.8) is 0 Å². The maximum absolute atomic E-state index is 11.3. The van der Waals surface area contributed by atoms with Gasteiger partial charge in [-0.25, -0.2) is 9.59 Å². The first-order valence-electron chi connectivity index (χ1n) is 7.96. The Morgan fingerprint density at radius 1 is 1.08 bits per heavy atom. The van der Waals surface area contributed by atoms with Gasteiger partial charge in [0.1, 0.15) is 8.80 Å². The van der Waals surface area contributed by atoms with Crippen molar-refractivity contribution in [2.24, 2.45) is 5.73 Å². The second kappa shape index (κ2) is 11.8. The Balaban J connectivity index is 4.97. The van der Waals surface area contributed by atoms with E-state index in [9.17, 15) is 9.59 Å². The Morgan fingerprint density at radius 3 is 2.12 bits per heavy atom. The molecule has 5 nitrogen and oxygen atoms in total. The molecule has 0 aliphatic rings. The van der Waals surface area contributed by atoms with Crippen molar-refractivity contribution in [3.05, 3.63) is 49.6 Å². The molecule has 0 bridgehead atoms. The van der Waals surface area contributed by atoms with E-state index >= 15 is 0 Å². The van der Waals surface area contributed by atoms with Crippen LogP contribution in [-0.4, -0.2) is 47.2 Å². The molecule has 0 heterocycles. The standard InChI is InChI=1S/C17H29NO4Si2/c1-6-9-10-11-17(18,24(5)14-22-16(20)8-3)12-23(4)13-21-15(19)7-2/h6-11,23-24H,2-3,12-14,18H2,1,4-5H3/b9-6-,11-10-. The molecule has 3 unspecified atom stereocenters. The molecule has 0 aliphatic carbocycles. The summed E-state index contributed by atoms with van der Waals surface area (Å²) >= 11 is 0. The molecule has 134 valence electrons. The highest BCUT2D eigenvalue weighted by Crippen LogP contribution is 2.18. The zero-order valence-electron chi connectivity index (χ0n) is 14.9. The molecule has 0 aromatic rings.